The number of ether oxygens (including phenoxy) is 1. The van der Waals surface area contributed by atoms with Crippen molar-refractivity contribution in [2.75, 3.05) is 19.6 Å². The van der Waals surface area contributed by atoms with Crippen molar-refractivity contribution in [3.63, 3.8) is 0 Å². The van der Waals surface area contributed by atoms with Crippen molar-refractivity contribution in [3.05, 3.63) is 28.7 Å². The van der Waals surface area contributed by atoms with Crippen LogP contribution < -0.4 is 10.1 Å². The molecule has 1 saturated heterocycles. The first-order valence-electron chi connectivity index (χ1n) is 7.55. The summed E-state index contributed by atoms with van der Waals surface area (Å²) in [5.74, 6) is 0.800. The smallest absolute Gasteiger partial charge is 0.263 e. The summed E-state index contributed by atoms with van der Waals surface area (Å²) in [7, 11) is 0. The van der Waals surface area contributed by atoms with E-state index in [-0.39, 0.29) is 18.3 Å². The van der Waals surface area contributed by atoms with Gasteiger partial charge in [0.2, 0.25) is 0 Å². The van der Waals surface area contributed by atoms with E-state index in [0.29, 0.717) is 6.04 Å². The summed E-state index contributed by atoms with van der Waals surface area (Å²) in [4.78, 5) is 14.6. The van der Waals surface area contributed by atoms with Gasteiger partial charge in [-0.05, 0) is 50.6 Å². The minimum atomic E-state index is -0.460. The predicted octanol–water partition coefficient (Wildman–Crippen LogP) is 3.24. The monoisotopic (exact) mass is 390 g/mol. The van der Waals surface area contributed by atoms with E-state index >= 15 is 0 Å². The molecule has 22 heavy (non-hydrogen) atoms. The molecule has 6 heteroatoms. The first kappa shape index (κ1) is 19.3. The summed E-state index contributed by atoms with van der Waals surface area (Å²) in [5.41, 5.74) is 0. The standard InChI is InChI=1S/C16H23BrN2O2.ClH/c1-3-10-19(14-8-9-18-11-14)16(20)12(2)21-15-6-4-13(17)5-7-15;/h4-7,12,14,18H,3,8-11H2,1-2H3;1H. The van der Waals surface area contributed by atoms with Gasteiger partial charge in [0.15, 0.2) is 6.10 Å². The van der Waals surface area contributed by atoms with Gasteiger partial charge in [-0.15, -0.1) is 12.4 Å². The maximum atomic E-state index is 12.7. The highest BCUT2D eigenvalue weighted by Gasteiger charge is 2.29. The molecule has 124 valence electrons. The third-order valence-electron chi connectivity index (χ3n) is 3.70. The first-order chi connectivity index (χ1) is 10.1. The van der Waals surface area contributed by atoms with Gasteiger partial charge in [0.05, 0.1) is 0 Å². The van der Waals surface area contributed by atoms with Crippen LogP contribution in [0.1, 0.15) is 26.7 Å². The number of nitrogens with one attached hydrogen (secondary N) is 1. The Balaban J connectivity index is 0.00000242. The van der Waals surface area contributed by atoms with Gasteiger partial charge in [0.25, 0.3) is 5.91 Å². The van der Waals surface area contributed by atoms with Crippen LogP contribution in [0.25, 0.3) is 0 Å². The highest BCUT2D eigenvalue weighted by Crippen LogP contribution is 2.19. The summed E-state index contributed by atoms with van der Waals surface area (Å²) in [6.45, 7) is 6.59. The fourth-order valence-corrected chi connectivity index (χ4v) is 2.88. The van der Waals surface area contributed by atoms with E-state index in [1.165, 1.54) is 0 Å². The summed E-state index contributed by atoms with van der Waals surface area (Å²) < 4.78 is 6.78. The van der Waals surface area contributed by atoms with Gasteiger partial charge < -0.3 is 15.0 Å². The van der Waals surface area contributed by atoms with Crippen LogP contribution in [-0.2, 0) is 4.79 Å². The lowest BCUT2D eigenvalue weighted by Crippen LogP contribution is -2.47. The number of benzene rings is 1. The normalized spacial score (nSPS) is 18.4. The average Bonchev–Trinajstić information content (AvgIpc) is 3.00. The van der Waals surface area contributed by atoms with Crippen LogP contribution in [0.2, 0.25) is 0 Å². The molecule has 0 radical (unpaired) electrons. The Morgan fingerprint density at radius 3 is 2.68 bits per heavy atom. The number of amides is 1. The second kappa shape index (κ2) is 9.38. The minimum Gasteiger partial charge on any atom is -0.481 e. The molecule has 2 rings (SSSR count). The minimum absolute atomic E-state index is 0. The van der Waals surface area contributed by atoms with Gasteiger partial charge in [-0.2, -0.15) is 0 Å². The second-order valence-corrected chi connectivity index (χ2v) is 6.31. The molecule has 0 aliphatic carbocycles. The van der Waals surface area contributed by atoms with E-state index in [9.17, 15) is 4.79 Å². The molecule has 1 fully saturated rings. The molecule has 2 atom stereocenters. The van der Waals surface area contributed by atoms with Crippen molar-refractivity contribution in [2.24, 2.45) is 0 Å². The Hall–Kier alpha value is -0.780. The lowest BCUT2D eigenvalue weighted by atomic mass is 10.2. The molecule has 4 nitrogen and oxygen atoms in total. The Morgan fingerprint density at radius 2 is 2.14 bits per heavy atom. The van der Waals surface area contributed by atoms with E-state index in [1.807, 2.05) is 36.1 Å². The maximum Gasteiger partial charge on any atom is 0.263 e. The number of rotatable bonds is 6. The van der Waals surface area contributed by atoms with Crippen LogP contribution in [0.3, 0.4) is 0 Å². The molecule has 1 N–H and O–H groups in total. The highest BCUT2D eigenvalue weighted by molar-refractivity contribution is 9.10. The topological polar surface area (TPSA) is 41.6 Å². The first-order valence-corrected chi connectivity index (χ1v) is 8.34. The average molecular weight is 392 g/mol. The van der Waals surface area contributed by atoms with Gasteiger partial charge in [0.1, 0.15) is 5.75 Å². The molecule has 0 aromatic heterocycles. The molecule has 2 unspecified atom stereocenters. The molecule has 1 heterocycles. The van der Waals surface area contributed by atoms with Crippen LogP contribution in [0.5, 0.6) is 5.75 Å². The molecule has 0 bridgehead atoms. The van der Waals surface area contributed by atoms with Crippen molar-refractivity contribution in [2.45, 2.75) is 38.8 Å². The fraction of sp³-hybridized carbons (Fsp3) is 0.562. The molecule has 1 amide bonds. The van der Waals surface area contributed by atoms with E-state index in [0.717, 1.165) is 42.7 Å². The maximum absolute atomic E-state index is 12.7. The molecular weight excluding hydrogens is 368 g/mol. The molecule has 0 spiro atoms. The fourth-order valence-electron chi connectivity index (χ4n) is 2.62. The van der Waals surface area contributed by atoms with Crippen molar-refractivity contribution < 1.29 is 9.53 Å². The molecule has 0 saturated carbocycles. The number of carbonyl (C=O) groups is 1. The van der Waals surface area contributed by atoms with E-state index in [2.05, 4.69) is 28.2 Å². The zero-order chi connectivity index (χ0) is 15.2. The number of halogens is 2. The van der Waals surface area contributed by atoms with Gasteiger partial charge in [0, 0.05) is 23.6 Å². The number of nitrogens with zero attached hydrogens (tertiary/aromatic N) is 1. The van der Waals surface area contributed by atoms with E-state index in [1.54, 1.807) is 0 Å². The van der Waals surface area contributed by atoms with Crippen molar-refractivity contribution in [1.29, 1.82) is 0 Å². The van der Waals surface area contributed by atoms with E-state index < -0.39 is 6.10 Å². The van der Waals surface area contributed by atoms with Crippen molar-refractivity contribution in [1.82, 2.24) is 10.2 Å². The summed E-state index contributed by atoms with van der Waals surface area (Å²) in [6.07, 6.45) is 1.53. The quantitative estimate of drug-likeness (QED) is 0.809. The van der Waals surface area contributed by atoms with Crippen LogP contribution in [0.15, 0.2) is 28.7 Å². The molecule has 1 aliphatic rings. The van der Waals surface area contributed by atoms with Crippen LogP contribution in [-0.4, -0.2) is 42.6 Å². The third-order valence-corrected chi connectivity index (χ3v) is 4.23. The SMILES string of the molecule is CCCN(C(=O)C(C)Oc1ccc(Br)cc1)C1CCNC1.Cl. The van der Waals surface area contributed by atoms with Gasteiger partial charge in [-0.3, -0.25) is 4.79 Å². The predicted molar refractivity (Wildman–Crippen MR) is 94.8 cm³/mol. The van der Waals surface area contributed by atoms with Crippen LogP contribution in [0.4, 0.5) is 0 Å². The molecule has 1 aromatic carbocycles. The lowest BCUT2D eigenvalue weighted by Gasteiger charge is -2.30. The number of carbonyl (C=O) groups excluding carboxylic acids is 1. The van der Waals surface area contributed by atoms with Gasteiger partial charge >= 0.3 is 0 Å². The lowest BCUT2D eigenvalue weighted by molar-refractivity contribution is -0.140. The molecule has 1 aliphatic heterocycles. The van der Waals surface area contributed by atoms with Crippen molar-refractivity contribution in [3.8, 4) is 5.75 Å². The van der Waals surface area contributed by atoms with Crippen molar-refractivity contribution >= 4 is 34.2 Å². The number of hydrogen-bond acceptors (Lipinski definition) is 3. The summed E-state index contributed by atoms with van der Waals surface area (Å²) >= 11 is 3.39. The zero-order valence-electron chi connectivity index (χ0n) is 13.0. The number of hydrogen-bond donors (Lipinski definition) is 1. The second-order valence-electron chi connectivity index (χ2n) is 5.39. The Labute approximate surface area is 147 Å². The Kier molecular flexibility index (Phi) is 8.21. The Bertz CT molecular complexity index is 464. The van der Waals surface area contributed by atoms with Crippen LogP contribution >= 0.6 is 28.3 Å². The van der Waals surface area contributed by atoms with E-state index in [4.69, 9.17) is 4.74 Å². The third kappa shape index (κ3) is 5.14. The van der Waals surface area contributed by atoms with Crippen LogP contribution in [0, 0.1) is 0 Å². The highest BCUT2D eigenvalue weighted by atomic mass is 79.9. The summed E-state index contributed by atoms with van der Waals surface area (Å²) in [5, 5.41) is 3.32. The molecule has 1 aromatic rings. The Morgan fingerprint density at radius 1 is 1.45 bits per heavy atom. The van der Waals surface area contributed by atoms with Gasteiger partial charge in [-0.25, -0.2) is 0 Å². The largest absolute Gasteiger partial charge is 0.481 e. The van der Waals surface area contributed by atoms with Gasteiger partial charge in [-0.1, -0.05) is 22.9 Å². The zero-order valence-corrected chi connectivity index (χ0v) is 15.5. The summed E-state index contributed by atoms with van der Waals surface area (Å²) in [6, 6.07) is 7.87. The molecular formula is C16H24BrClN2O2.